The first-order chi connectivity index (χ1) is 16.9. The van der Waals surface area contributed by atoms with Crippen LogP contribution in [0.2, 0.25) is 0 Å². The quantitative estimate of drug-likeness (QED) is 0.197. The summed E-state index contributed by atoms with van der Waals surface area (Å²) >= 11 is 0. The van der Waals surface area contributed by atoms with Gasteiger partial charge in [-0.05, 0) is 41.0 Å². The number of nitrogens with two attached hydrogens (primary N) is 1. The second-order valence-electron chi connectivity index (χ2n) is 9.09. The van der Waals surface area contributed by atoms with Gasteiger partial charge in [-0.25, -0.2) is 24.8 Å². The number of carbonyl (C=O) groups excluding carboxylic acids is 2. The van der Waals surface area contributed by atoms with Crippen LogP contribution in [0.1, 0.15) is 54.4 Å². The maximum atomic E-state index is 12.7. The lowest BCUT2D eigenvalue weighted by molar-refractivity contribution is -0.159. The lowest BCUT2D eigenvalue weighted by Crippen LogP contribution is -2.45. The van der Waals surface area contributed by atoms with Crippen LogP contribution in [0.4, 0.5) is 5.82 Å². The van der Waals surface area contributed by atoms with Crippen molar-refractivity contribution >= 4 is 37.1 Å². The monoisotopic (exact) mass is 528 g/mol. The number of fused-ring (bicyclic) bond motifs is 1. The van der Waals surface area contributed by atoms with Crippen LogP contribution in [-0.4, -0.2) is 68.5 Å². The molecule has 0 bridgehead atoms. The molecule has 0 aliphatic rings. The average Bonchev–Trinajstić information content (AvgIpc) is 3.19. The van der Waals surface area contributed by atoms with Gasteiger partial charge in [-0.2, -0.15) is 0 Å². The summed E-state index contributed by atoms with van der Waals surface area (Å²) in [5, 5.41) is 2.62. The smallest absolute Gasteiger partial charge is 0.338 e. The molecule has 36 heavy (non-hydrogen) atoms. The number of carbonyl (C=O) groups is 2. The van der Waals surface area contributed by atoms with Crippen molar-refractivity contribution in [3.8, 4) is 0 Å². The standard InChI is InChI=1S/C22H37N6O7P/c1-7-8-9-32-21(30)22(5,6)27-36(31)35-16(20(29)34-14(2)3)11-33-15(4)10-28-13-26-17-18(23)24-12-25-19(17)28/h12-16,36H,7-11H2,1-6H3,(H,27,31)(H2,23,24,25). The third-order valence-corrected chi connectivity index (χ3v) is 6.26. The molecule has 202 valence electrons. The van der Waals surface area contributed by atoms with E-state index in [1.807, 2.05) is 6.92 Å². The minimum atomic E-state index is -3.06. The Bertz CT molecular complexity index is 1050. The van der Waals surface area contributed by atoms with Crippen molar-refractivity contribution in [2.75, 3.05) is 18.9 Å². The predicted octanol–water partition coefficient (Wildman–Crippen LogP) is 2.25. The number of nitrogens with zero attached hydrogens (tertiary/aromatic N) is 4. The molecule has 2 rings (SSSR count). The third kappa shape index (κ3) is 8.81. The molecular weight excluding hydrogens is 491 g/mol. The van der Waals surface area contributed by atoms with E-state index in [4.69, 9.17) is 24.5 Å². The molecule has 3 atom stereocenters. The fourth-order valence-electron chi connectivity index (χ4n) is 3.03. The van der Waals surface area contributed by atoms with E-state index >= 15 is 0 Å². The Labute approximate surface area is 211 Å². The topological polar surface area (TPSA) is 170 Å². The Morgan fingerprint density at radius 2 is 1.94 bits per heavy atom. The molecule has 0 fully saturated rings. The minimum absolute atomic E-state index is 0.226. The molecule has 0 spiro atoms. The molecular formula is C22H37N6O7P. The van der Waals surface area contributed by atoms with Gasteiger partial charge in [0.1, 0.15) is 17.4 Å². The summed E-state index contributed by atoms with van der Waals surface area (Å²) in [7, 11) is -3.06. The number of hydrogen-bond donors (Lipinski definition) is 2. The van der Waals surface area contributed by atoms with Crippen molar-refractivity contribution in [2.24, 2.45) is 0 Å². The molecule has 3 N–H and O–H groups in total. The van der Waals surface area contributed by atoms with Crippen LogP contribution >= 0.6 is 8.18 Å². The highest BCUT2D eigenvalue weighted by Gasteiger charge is 2.33. The van der Waals surface area contributed by atoms with Gasteiger partial charge in [-0.1, -0.05) is 13.3 Å². The van der Waals surface area contributed by atoms with E-state index in [1.165, 1.54) is 20.2 Å². The van der Waals surface area contributed by atoms with Gasteiger partial charge in [-0.15, -0.1) is 0 Å². The Morgan fingerprint density at radius 1 is 1.22 bits per heavy atom. The van der Waals surface area contributed by atoms with Gasteiger partial charge in [0.15, 0.2) is 17.6 Å². The predicted molar refractivity (Wildman–Crippen MR) is 133 cm³/mol. The van der Waals surface area contributed by atoms with Crippen molar-refractivity contribution in [3.63, 3.8) is 0 Å². The second-order valence-corrected chi connectivity index (χ2v) is 10.2. The number of aromatic nitrogens is 4. The van der Waals surface area contributed by atoms with Gasteiger partial charge in [0.05, 0.1) is 38.3 Å². The molecule has 0 radical (unpaired) electrons. The van der Waals surface area contributed by atoms with E-state index in [1.54, 1.807) is 31.7 Å². The fraction of sp³-hybridized carbons (Fsp3) is 0.682. The van der Waals surface area contributed by atoms with Crippen molar-refractivity contribution in [3.05, 3.63) is 12.7 Å². The first-order valence-electron chi connectivity index (χ1n) is 11.8. The molecule has 0 saturated carbocycles. The van der Waals surface area contributed by atoms with E-state index in [2.05, 4.69) is 20.0 Å². The Morgan fingerprint density at radius 3 is 2.61 bits per heavy atom. The summed E-state index contributed by atoms with van der Waals surface area (Å²) < 4.78 is 36.2. The molecule has 0 aromatic carbocycles. The van der Waals surface area contributed by atoms with Crippen LogP contribution in [0.25, 0.3) is 11.2 Å². The van der Waals surface area contributed by atoms with E-state index in [9.17, 15) is 14.2 Å². The zero-order chi connectivity index (χ0) is 26.9. The zero-order valence-corrected chi connectivity index (χ0v) is 22.6. The normalized spacial score (nSPS) is 14.5. The first-order valence-corrected chi connectivity index (χ1v) is 13.2. The fourth-order valence-corrected chi connectivity index (χ4v) is 4.12. The van der Waals surface area contributed by atoms with Crippen molar-refractivity contribution in [1.82, 2.24) is 24.6 Å². The lowest BCUT2D eigenvalue weighted by Gasteiger charge is -2.26. The van der Waals surface area contributed by atoms with Gasteiger partial charge >= 0.3 is 11.9 Å². The molecule has 3 unspecified atom stereocenters. The molecule has 2 aromatic heterocycles. The number of unbranched alkanes of at least 4 members (excludes halogenated alkanes) is 1. The highest BCUT2D eigenvalue weighted by Crippen LogP contribution is 2.26. The lowest BCUT2D eigenvalue weighted by atomic mass is 10.1. The first kappa shape index (κ1) is 29.6. The van der Waals surface area contributed by atoms with E-state index in [0.717, 1.165) is 12.8 Å². The summed E-state index contributed by atoms with van der Waals surface area (Å²) in [6, 6.07) is 0. The second kappa shape index (κ2) is 13.6. The third-order valence-electron chi connectivity index (χ3n) is 4.94. The number of imidazole rings is 1. The van der Waals surface area contributed by atoms with Crippen molar-refractivity contribution < 1.29 is 32.9 Å². The molecule has 0 aliphatic carbocycles. The Balaban J connectivity index is 2.00. The van der Waals surface area contributed by atoms with Crippen LogP contribution in [0.3, 0.4) is 0 Å². The van der Waals surface area contributed by atoms with E-state index < -0.39 is 44.0 Å². The summed E-state index contributed by atoms with van der Waals surface area (Å²) in [5.74, 6) is -1.03. The van der Waals surface area contributed by atoms with Crippen LogP contribution in [0.5, 0.6) is 0 Å². The SMILES string of the molecule is CCCCOC(=O)C(C)(C)N[PH](=O)OC(COC(C)Cn1cnc2c(N)ncnc21)C(=O)OC(C)C. The summed E-state index contributed by atoms with van der Waals surface area (Å²) in [4.78, 5) is 37.2. The maximum Gasteiger partial charge on any atom is 0.338 e. The summed E-state index contributed by atoms with van der Waals surface area (Å²) in [5.41, 5.74) is 5.57. The van der Waals surface area contributed by atoms with Crippen LogP contribution in [0.15, 0.2) is 12.7 Å². The number of nitrogens with one attached hydrogen (secondary N) is 1. The van der Waals surface area contributed by atoms with Gasteiger partial charge in [0.25, 0.3) is 8.18 Å². The van der Waals surface area contributed by atoms with Gasteiger partial charge in [0, 0.05) is 0 Å². The Hall–Kier alpha value is -2.60. The molecule has 0 aliphatic heterocycles. The molecule has 0 amide bonds. The number of anilines is 1. The van der Waals surface area contributed by atoms with Crippen molar-refractivity contribution in [1.29, 1.82) is 0 Å². The number of ether oxygens (including phenoxy) is 3. The van der Waals surface area contributed by atoms with Crippen LogP contribution in [-0.2, 0) is 39.4 Å². The average molecular weight is 529 g/mol. The van der Waals surface area contributed by atoms with Crippen LogP contribution < -0.4 is 10.8 Å². The Kier molecular flexibility index (Phi) is 11.2. The number of rotatable bonds is 15. The molecule has 14 heteroatoms. The molecule has 2 aromatic rings. The number of hydrogen-bond acceptors (Lipinski definition) is 11. The number of nitrogen functional groups attached to an aromatic ring is 1. The maximum absolute atomic E-state index is 12.7. The van der Waals surface area contributed by atoms with Crippen LogP contribution in [0, 0.1) is 0 Å². The summed E-state index contributed by atoms with van der Waals surface area (Å²) in [6.07, 6.45) is 2.41. The van der Waals surface area contributed by atoms with Gasteiger partial charge in [-0.3, -0.25) is 9.36 Å². The molecule has 0 saturated heterocycles. The summed E-state index contributed by atoms with van der Waals surface area (Å²) in [6.45, 7) is 10.6. The van der Waals surface area contributed by atoms with Gasteiger partial charge in [0.2, 0.25) is 0 Å². The molecule has 13 nitrogen and oxygen atoms in total. The highest BCUT2D eigenvalue weighted by molar-refractivity contribution is 7.36. The largest absolute Gasteiger partial charge is 0.464 e. The highest BCUT2D eigenvalue weighted by atomic mass is 31.1. The zero-order valence-electron chi connectivity index (χ0n) is 21.6. The number of esters is 2. The minimum Gasteiger partial charge on any atom is -0.464 e. The van der Waals surface area contributed by atoms with Crippen molar-refractivity contribution in [2.45, 2.75) is 84.8 Å². The van der Waals surface area contributed by atoms with E-state index in [0.29, 0.717) is 17.7 Å². The molecule has 2 heterocycles. The van der Waals surface area contributed by atoms with E-state index in [-0.39, 0.29) is 19.0 Å². The van der Waals surface area contributed by atoms with Gasteiger partial charge < -0.3 is 29.0 Å².